The molecule has 1 aromatic rings. The average molecular weight is 207 g/mol. The molecule has 0 unspecified atom stereocenters. The Balaban J connectivity index is 2.40. The lowest BCUT2D eigenvalue weighted by atomic mass is 10.3. The Morgan fingerprint density at radius 2 is 2.07 bits per heavy atom. The van der Waals surface area contributed by atoms with Crippen LogP contribution >= 0.6 is 0 Å². The second-order valence-electron chi connectivity index (χ2n) is 2.66. The SMILES string of the molecule is O=C(CC=C[N+](=O)[O-])Oc1ccccc1. The maximum atomic E-state index is 11.1. The van der Waals surface area contributed by atoms with Crippen LogP contribution in [0, 0.1) is 10.1 Å². The topological polar surface area (TPSA) is 69.4 Å². The molecule has 0 saturated heterocycles. The first-order valence-electron chi connectivity index (χ1n) is 4.24. The van der Waals surface area contributed by atoms with Gasteiger partial charge in [-0.1, -0.05) is 18.2 Å². The monoisotopic (exact) mass is 207 g/mol. The second kappa shape index (κ2) is 5.54. The van der Waals surface area contributed by atoms with Crippen LogP contribution in [0.5, 0.6) is 5.75 Å². The van der Waals surface area contributed by atoms with Crippen molar-refractivity contribution in [3.8, 4) is 5.75 Å². The van der Waals surface area contributed by atoms with E-state index < -0.39 is 10.9 Å². The van der Waals surface area contributed by atoms with Gasteiger partial charge in [0.15, 0.2) is 0 Å². The van der Waals surface area contributed by atoms with Crippen LogP contribution in [0.1, 0.15) is 6.42 Å². The van der Waals surface area contributed by atoms with Crippen LogP contribution < -0.4 is 4.74 Å². The first-order chi connectivity index (χ1) is 7.18. The molecular formula is C10H9NO4. The molecule has 0 radical (unpaired) electrons. The average Bonchev–Trinajstić information content (AvgIpc) is 2.18. The van der Waals surface area contributed by atoms with Crippen molar-refractivity contribution in [1.82, 2.24) is 0 Å². The van der Waals surface area contributed by atoms with Gasteiger partial charge in [-0.05, 0) is 18.2 Å². The number of carbonyl (C=O) groups is 1. The number of benzene rings is 1. The molecule has 0 bridgehead atoms. The van der Waals surface area contributed by atoms with E-state index in [1.165, 1.54) is 0 Å². The Labute approximate surface area is 86.1 Å². The minimum absolute atomic E-state index is 0.115. The number of nitro groups is 1. The van der Waals surface area contributed by atoms with Crippen LogP contribution in [-0.2, 0) is 4.79 Å². The standard InChI is InChI=1S/C10H9NO4/c12-10(7-4-8-11(13)14)15-9-5-2-1-3-6-9/h1-6,8H,7H2. The third kappa shape index (κ3) is 4.56. The molecule has 5 nitrogen and oxygen atoms in total. The van der Waals surface area contributed by atoms with Crippen molar-refractivity contribution in [3.05, 3.63) is 52.7 Å². The molecule has 0 aliphatic rings. The van der Waals surface area contributed by atoms with Crippen molar-refractivity contribution < 1.29 is 14.5 Å². The lowest BCUT2D eigenvalue weighted by Crippen LogP contribution is -2.06. The molecule has 0 atom stereocenters. The highest BCUT2D eigenvalue weighted by atomic mass is 16.6. The van der Waals surface area contributed by atoms with E-state index in [0.717, 1.165) is 6.08 Å². The second-order valence-corrected chi connectivity index (χ2v) is 2.66. The Kier molecular flexibility index (Phi) is 4.03. The van der Waals surface area contributed by atoms with Crippen molar-refractivity contribution in [3.63, 3.8) is 0 Å². The van der Waals surface area contributed by atoms with Crippen molar-refractivity contribution in [2.75, 3.05) is 0 Å². The number of hydrogen-bond acceptors (Lipinski definition) is 4. The molecule has 15 heavy (non-hydrogen) atoms. The summed E-state index contributed by atoms with van der Waals surface area (Å²) >= 11 is 0. The summed E-state index contributed by atoms with van der Waals surface area (Å²) in [5.41, 5.74) is 0. The number of para-hydroxylation sites is 1. The third-order valence-electron chi connectivity index (χ3n) is 1.49. The van der Waals surface area contributed by atoms with Crippen LogP contribution in [0.3, 0.4) is 0 Å². The van der Waals surface area contributed by atoms with Gasteiger partial charge in [-0.25, -0.2) is 0 Å². The van der Waals surface area contributed by atoms with Gasteiger partial charge >= 0.3 is 5.97 Å². The zero-order valence-electron chi connectivity index (χ0n) is 7.83. The minimum Gasteiger partial charge on any atom is -0.426 e. The zero-order valence-corrected chi connectivity index (χ0v) is 7.83. The van der Waals surface area contributed by atoms with Crippen LogP contribution in [0.25, 0.3) is 0 Å². The van der Waals surface area contributed by atoms with Gasteiger partial charge in [0.05, 0.1) is 11.3 Å². The molecule has 0 spiro atoms. The molecule has 1 aromatic carbocycles. The summed E-state index contributed by atoms with van der Waals surface area (Å²) in [6.07, 6.45) is 1.74. The van der Waals surface area contributed by atoms with E-state index in [1.807, 2.05) is 0 Å². The van der Waals surface area contributed by atoms with Crippen LogP contribution in [-0.4, -0.2) is 10.9 Å². The summed E-state index contributed by atoms with van der Waals surface area (Å²) in [5.74, 6) is -0.101. The molecule has 5 heteroatoms. The van der Waals surface area contributed by atoms with Crippen molar-refractivity contribution >= 4 is 5.97 Å². The zero-order chi connectivity index (χ0) is 11.1. The fourth-order valence-electron chi connectivity index (χ4n) is 0.897. The van der Waals surface area contributed by atoms with E-state index in [2.05, 4.69) is 0 Å². The van der Waals surface area contributed by atoms with E-state index >= 15 is 0 Å². The van der Waals surface area contributed by atoms with E-state index in [1.54, 1.807) is 30.3 Å². The first kappa shape index (κ1) is 10.9. The van der Waals surface area contributed by atoms with Gasteiger partial charge in [-0.3, -0.25) is 14.9 Å². The number of carbonyl (C=O) groups excluding carboxylic acids is 1. The molecular weight excluding hydrogens is 198 g/mol. The number of hydrogen-bond donors (Lipinski definition) is 0. The highest BCUT2D eigenvalue weighted by Gasteiger charge is 2.02. The molecule has 0 N–H and O–H groups in total. The van der Waals surface area contributed by atoms with Crippen LogP contribution in [0.15, 0.2) is 42.6 Å². The molecule has 0 saturated carbocycles. The molecule has 0 aliphatic heterocycles. The van der Waals surface area contributed by atoms with Gasteiger partial charge in [0.25, 0.3) is 0 Å². The molecule has 0 aliphatic carbocycles. The largest absolute Gasteiger partial charge is 0.426 e. The van der Waals surface area contributed by atoms with Gasteiger partial charge in [0.2, 0.25) is 6.20 Å². The van der Waals surface area contributed by atoms with E-state index in [-0.39, 0.29) is 6.42 Å². The quantitative estimate of drug-likeness (QED) is 0.326. The molecule has 0 fully saturated rings. The smallest absolute Gasteiger partial charge is 0.315 e. The lowest BCUT2D eigenvalue weighted by molar-refractivity contribution is -0.402. The van der Waals surface area contributed by atoms with Gasteiger partial charge in [-0.2, -0.15) is 0 Å². The number of ether oxygens (including phenoxy) is 1. The van der Waals surface area contributed by atoms with Gasteiger partial charge in [0, 0.05) is 0 Å². The van der Waals surface area contributed by atoms with Gasteiger partial charge < -0.3 is 4.74 Å². The predicted octanol–water partition coefficient (Wildman–Crippen LogP) is 1.77. The summed E-state index contributed by atoms with van der Waals surface area (Å²) in [5, 5.41) is 9.91. The summed E-state index contributed by atoms with van der Waals surface area (Å²) in [6.45, 7) is 0. The highest BCUT2D eigenvalue weighted by molar-refractivity contribution is 5.73. The fourth-order valence-corrected chi connectivity index (χ4v) is 0.897. The number of esters is 1. The van der Waals surface area contributed by atoms with Crippen LogP contribution in [0.2, 0.25) is 0 Å². The summed E-state index contributed by atoms with van der Waals surface area (Å²) in [7, 11) is 0. The Bertz CT molecular complexity index is 372. The first-order valence-corrected chi connectivity index (χ1v) is 4.24. The molecule has 0 amide bonds. The molecule has 1 rings (SSSR count). The highest BCUT2D eigenvalue weighted by Crippen LogP contribution is 2.09. The van der Waals surface area contributed by atoms with E-state index in [0.29, 0.717) is 11.9 Å². The van der Waals surface area contributed by atoms with Crippen molar-refractivity contribution in [1.29, 1.82) is 0 Å². The van der Waals surface area contributed by atoms with Crippen molar-refractivity contribution in [2.45, 2.75) is 6.42 Å². The molecule has 0 aromatic heterocycles. The Hall–Kier alpha value is -2.17. The third-order valence-corrected chi connectivity index (χ3v) is 1.49. The normalized spacial score (nSPS) is 10.1. The fraction of sp³-hybridized carbons (Fsp3) is 0.100. The summed E-state index contributed by atoms with van der Waals surface area (Å²) < 4.78 is 4.88. The minimum atomic E-state index is -0.629. The predicted molar refractivity (Wildman–Crippen MR) is 52.8 cm³/mol. The van der Waals surface area contributed by atoms with E-state index in [4.69, 9.17) is 4.74 Å². The summed E-state index contributed by atoms with van der Waals surface area (Å²) in [4.78, 5) is 20.4. The molecule has 0 heterocycles. The van der Waals surface area contributed by atoms with Gasteiger partial charge in [-0.15, -0.1) is 0 Å². The summed E-state index contributed by atoms with van der Waals surface area (Å²) in [6, 6.07) is 8.53. The lowest BCUT2D eigenvalue weighted by Gasteiger charge is -2.00. The Morgan fingerprint density at radius 1 is 1.40 bits per heavy atom. The maximum absolute atomic E-state index is 11.1. The number of nitrogens with zero attached hydrogens (tertiary/aromatic N) is 1. The number of rotatable bonds is 4. The van der Waals surface area contributed by atoms with E-state index in [9.17, 15) is 14.9 Å². The van der Waals surface area contributed by atoms with Crippen LogP contribution in [0.4, 0.5) is 0 Å². The molecule has 78 valence electrons. The van der Waals surface area contributed by atoms with Crippen molar-refractivity contribution in [2.24, 2.45) is 0 Å². The van der Waals surface area contributed by atoms with Gasteiger partial charge in [0.1, 0.15) is 5.75 Å². The maximum Gasteiger partial charge on any atom is 0.315 e. The Morgan fingerprint density at radius 3 is 2.67 bits per heavy atom.